The average molecular weight is 288 g/mol. The van der Waals surface area contributed by atoms with Gasteiger partial charge in [-0.05, 0) is 0 Å². The number of aryl methyl sites for hydroxylation is 1. The third-order valence-corrected chi connectivity index (χ3v) is 3.72. The molecule has 1 fully saturated rings. The second-order valence-electron chi connectivity index (χ2n) is 5.19. The fraction of sp³-hybridized carbons (Fsp3) is 0.467. The molecule has 6 nitrogen and oxygen atoms in total. The molecule has 6 heteroatoms. The van der Waals surface area contributed by atoms with E-state index in [2.05, 4.69) is 19.8 Å². The summed E-state index contributed by atoms with van der Waals surface area (Å²) >= 11 is 0. The second-order valence-corrected chi connectivity index (χ2v) is 5.19. The van der Waals surface area contributed by atoms with E-state index in [1.807, 2.05) is 25.4 Å². The number of nitrogens with zero attached hydrogens (tertiary/aromatic N) is 4. The van der Waals surface area contributed by atoms with Gasteiger partial charge in [0.2, 0.25) is 0 Å². The van der Waals surface area contributed by atoms with Crippen molar-refractivity contribution in [2.45, 2.75) is 13.5 Å². The van der Waals surface area contributed by atoms with Crippen LogP contribution in [0.1, 0.15) is 11.7 Å². The largest absolute Gasteiger partial charge is 0.495 e. The van der Waals surface area contributed by atoms with E-state index < -0.39 is 0 Å². The molecule has 0 aliphatic carbocycles. The zero-order valence-corrected chi connectivity index (χ0v) is 12.5. The summed E-state index contributed by atoms with van der Waals surface area (Å²) in [6, 6.07) is 2.03. The molecule has 1 aliphatic rings. The van der Waals surface area contributed by atoms with Crippen LogP contribution < -0.4 is 9.64 Å². The second kappa shape index (κ2) is 6.13. The molecule has 21 heavy (non-hydrogen) atoms. The first-order chi connectivity index (χ1) is 10.2. The molecule has 1 saturated heterocycles. The van der Waals surface area contributed by atoms with Crippen LogP contribution in [0.4, 0.5) is 5.69 Å². The number of aromatic nitrogens is 2. The maximum atomic E-state index is 5.54. The molecule has 0 bridgehead atoms. The Morgan fingerprint density at radius 1 is 1.19 bits per heavy atom. The number of anilines is 1. The lowest BCUT2D eigenvalue weighted by Crippen LogP contribution is -2.45. The van der Waals surface area contributed by atoms with Crippen molar-refractivity contribution in [3.05, 3.63) is 36.3 Å². The Hall–Kier alpha value is -2.08. The van der Waals surface area contributed by atoms with Crippen LogP contribution in [0.3, 0.4) is 0 Å². The molecule has 0 radical (unpaired) electrons. The number of hydrogen-bond donors (Lipinski definition) is 0. The summed E-state index contributed by atoms with van der Waals surface area (Å²) in [5.74, 6) is 2.46. The van der Waals surface area contributed by atoms with Gasteiger partial charge in [-0.3, -0.25) is 9.88 Å². The zero-order valence-electron chi connectivity index (χ0n) is 12.5. The number of oxazole rings is 1. The number of methoxy groups -OCH3 is 1. The number of piperazine rings is 1. The molecule has 0 spiro atoms. The molecule has 2 aromatic heterocycles. The van der Waals surface area contributed by atoms with E-state index in [4.69, 9.17) is 9.15 Å². The molecule has 1 aliphatic heterocycles. The molecule has 0 N–H and O–H groups in total. The molecular formula is C15H20N4O2. The van der Waals surface area contributed by atoms with Gasteiger partial charge in [0, 0.05) is 39.2 Å². The maximum absolute atomic E-state index is 5.54. The van der Waals surface area contributed by atoms with Crippen molar-refractivity contribution in [3.8, 4) is 5.75 Å². The Morgan fingerprint density at radius 3 is 2.67 bits per heavy atom. The Labute approximate surface area is 124 Å². The highest BCUT2D eigenvalue weighted by Gasteiger charge is 2.19. The zero-order chi connectivity index (χ0) is 14.7. The summed E-state index contributed by atoms with van der Waals surface area (Å²) in [5.41, 5.74) is 1.12. The summed E-state index contributed by atoms with van der Waals surface area (Å²) < 4.78 is 10.8. The van der Waals surface area contributed by atoms with Gasteiger partial charge in [-0.25, -0.2) is 4.98 Å². The molecule has 0 saturated carbocycles. The number of ether oxygens (including phenoxy) is 1. The lowest BCUT2D eigenvalue weighted by atomic mass is 10.2. The minimum absolute atomic E-state index is 0.728. The van der Waals surface area contributed by atoms with Crippen molar-refractivity contribution in [2.75, 3.05) is 38.2 Å². The normalized spacial score (nSPS) is 16.2. The van der Waals surface area contributed by atoms with E-state index in [-0.39, 0.29) is 0 Å². The summed E-state index contributed by atoms with van der Waals surface area (Å²) in [4.78, 5) is 13.1. The van der Waals surface area contributed by atoms with Crippen molar-refractivity contribution < 1.29 is 9.15 Å². The minimum Gasteiger partial charge on any atom is -0.495 e. The predicted octanol–water partition coefficient (Wildman–Crippen LogP) is 1.71. The first-order valence-corrected chi connectivity index (χ1v) is 7.12. The molecular weight excluding hydrogens is 268 g/mol. The quantitative estimate of drug-likeness (QED) is 0.853. The first-order valence-electron chi connectivity index (χ1n) is 7.12. The van der Waals surface area contributed by atoms with E-state index >= 15 is 0 Å². The molecule has 3 rings (SSSR count). The van der Waals surface area contributed by atoms with Gasteiger partial charge in [0.1, 0.15) is 11.5 Å². The van der Waals surface area contributed by atoms with Crippen LogP contribution in [0.2, 0.25) is 0 Å². The summed E-state index contributed by atoms with van der Waals surface area (Å²) in [6.45, 7) is 6.64. The molecule has 2 aromatic rings. The Kier molecular flexibility index (Phi) is 4.06. The van der Waals surface area contributed by atoms with Crippen LogP contribution in [-0.4, -0.2) is 48.2 Å². The average Bonchev–Trinajstić information content (AvgIpc) is 2.93. The van der Waals surface area contributed by atoms with Gasteiger partial charge in [-0.15, -0.1) is 0 Å². The van der Waals surface area contributed by atoms with E-state index in [1.54, 1.807) is 13.3 Å². The van der Waals surface area contributed by atoms with Gasteiger partial charge < -0.3 is 14.1 Å². The number of rotatable bonds is 4. The smallest absolute Gasteiger partial charge is 0.191 e. The Bertz CT molecular complexity index is 591. The molecule has 0 atom stereocenters. The van der Waals surface area contributed by atoms with Gasteiger partial charge in [-0.1, -0.05) is 0 Å². The number of hydrogen-bond acceptors (Lipinski definition) is 6. The van der Waals surface area contributed by atoms with Crippen LogP contribution in [0.5, 0.6) is 5.75 Å². The minimum atomic E-state index is 0.728. The van der Waals surface area contributed by atoms with Crippen LogP contribution in [-0.2, 0) is 6.54 Å². The van der Waals surface area contributed by atoms with Gasteiger partial charge >= 0.3 is 0 Å². The van der Waals surface area contributed by atoms with Gasteiger partial charge in [0.15, 0.2) is 5.89 Å². The van der Waals surface area contributed by atoms with E-state index in [1.165, 1.54) is 0 Å². The predicted molar refractivity (Wildman–Crippen MR) is 79.5 cm³/mol. The monoisotopic (exact) mass is 288 g/mol. The molecule has 3 heterocycles. The molecule has 112 valence electrons. The maximum Gasteiger partial charge on any atom is 0.191 e. The Morgan fingerprint density at radius 2 is 2.00 bits per heavy atom. The van der Waals surface area contributed by atoms with E-state index in [0.29, 0.717) is 0 Å². The van der Waals surface area contributed by atoms with E-state index in [0.717, 1.165) is 55.8 Å². The number of pyridine rings is 1. The van der Waals surface area contributed by atoms with E-state index in [9.17, 15) is 0 Å². The van der Waals surface area contributed by atoms with Crippen molar-refractivity contribution in [2.24, 2.45) is 0 Å². The van der Waals surface area contributed by atoms with Crippen LogP contribution in [0, 0.1) is 6.92 Å². The van der Waals surface area contributed by atoms with Crippen molar-refractivity contribution in [3.63, 3.8) is 0 Å². The van der Waals surface area contributed by atoms with Crippen molar-refractivity contribution >= 4 is 5.69 Å². The summed E-state index contributed by atoms with van der Waals surface area (Å²) in [5, 5.41) is 0. The first kappa shape index (κ1) is 13.9. The summed E-state index contributed by atoms with van der Waals surface area (Å²) in [7, 11) is 1.66. The Balaban J connectivity index is 1.57. The topological polar surface area (TPSA) is 54.6 Å². The third-order valence-electron chi connectivity index (χ3n) is 3.72. The third kappa shape index (κ3) is 3.33. The van der Waals surface area contributed by atoms with Crippen molar-refractivity contribution in [1.82, 2.24) is 14.9 Å². The van der Waals surface area contributed by atoms with Crippen LogP contribution in [0.25, 0.3) is 0 Å². The lowest BCUT2D eigenvalue weighted by Gasteiger charge is -2.35. The van der Waals surface area contributed by atoms with Crippen LogP contribution >= 0.6 is 0 Å². The summed E-state index contributed by atoms with van der Waals surface area (Å²) in [6.07, 6.45) is 5.43. The standard InChI is InChI=1S/C15H20N4O2/c1-12-17-10-15(21-12)11-18-3-5-19(6-4-18)13-7-14(20-2)9-16-8-13/h7-10H,3-6,11H2,1-2H3. The SMILES string of the molecule is COc1cncc(N2CCN(Cc3cnc(C)o3)CC2)c1. The molecule has 0 amide bonds. The highest BCUT2D eigenvalue weighted by molar-refractivity contribution is 5.48. The highest BCUT2D eigenvalue weighted by atomic mass is 16.5. The molecule has 0 unspecified atom stereocenters. The fourth-order valence-corrected chi connectivity index (χ4v) is 2.55. The van der Waals surface area contributed by atoms with Gasteiger partial charge in [0.25, 0.3) is 0 Å². The van der Waals surface area contributed by atoms with Gasteiger partial charge in [-0.2, -0.15) is 0 Å². The lowest BCUT2D eigenvalue weighted by molar-refractivity contribution is 0.229. The fourth-order valence-electron chi connectivity index (χ4n) is 2.55. The van der Waals surface area contributed by atoms with Crippen molar-refractivity contribution in [1.29, 1.82) is 0 Å². The van der Waals surface area contributed by atoms with Crippen LogP contribution in [0.15, 0.2) is 29.1 Å². The molecule has 0 aromatic carbocycles. The highest BCUT2D eigenvalue weighted by Crippen LogP contribution is 2.21. The van der Waals surface area contributed by atoms with Gasteiger partial charge in [0.05, 0.1) is 37.9 Å².